The molecule has 0 N–H and O–H groups in total. The molecule has 0 bridgehead atoms. The first kappa shape index (κ1) is 12.7. The minimum Gasteiger partial charge on any atom is -0.298 e. The van der Waals surface area contributed by atoms with Gasteiger partial charge in [0.05, 0.1) is 6.54 Å². The Bertz CT molecular complexity index is 219. The van der Waals surface area contributed by atoms with Crippen molar-refractivity contribution in [3.63, 3.8) is 0 Å². The molecular formula is C13H25NO. The van der Waals surface area contributed by atoms with Crippen LogP contribution < -0.4 is 0 Å². The third-order valence-corrected chi connectivity index (χ3v) is 3.54. The number of hydrogen-bond donors (Lipinski definition) is 0. The predicted octanol–water partition coefficient (Wildman–Crippen LogP) is 2.86. The summed E-state index contributed by atoms with van der Waals surface area (Å²) in [5.74, 6) is 0.364. The monoisotopic (exact) mass is 211 g/mol. The lowest BCUT2D eigenvalue weighted by atomic mass is 9.88. The van der Waals surface area contributed by atoms with Crippen molar-refractivity contribution in [1.82, 2.24) is 4.90 Å². The molecule has 1 heterocycles. The van der Waals surface area contributed by atoms with Gasteiger partial charge in [-0.15, -0.1) is 0 Å². The molecular weight excluding hydrogens is 186 g/mol. The molecule has 15 heavy (non-hydrogen) atoms. The van der Waals surface area contributed by atoms with Crippen LogP contribution in [-0.4, -0.2) is 29.3 Å². The van der Waals surface area contributed by atoms with Gasteiger partial charge in [-0.1, -0.05) is 27.2 Å². The zero-order valence-electron chi connectivity index (χ0n) is 10.8. The SMILES string of the molecule is CC1CCCC(C)N1CC(=O)C(C)(C)C. The molecule has 1 aliphatic rings. The molecule has 1 aliphatic heterocycles. The maximum atomic E-state index is 12.0. The number of likely N-dealkylation sites (tertiary alicyclic amines) is 1. The van der Waals surface area contributed by atoms with E-state index < -0.39 is 0 Å². The first-order valence-corrected chi connectivity index (χ1v) is 6.11. The van der Waals surface area contributed by atoms with Gasteiger partial charge in [0.15, 0.2) is 5.78 Å². The summed E-state index contributed by atoms with van der Waals surface area (Å²) in [5, 5.41) is 0. The molecule has 0 aromatic heterocycles. The van der Waals surface area contributed by atoms with Gasteiger partial charge >= 0.3 is 0 Å². The second-order valence-corrected chi connectivity index (χ2v) is 5.97. The molecule has 0 saturated carbocycles. The molecule has 2 nitrogen and oxygen atoms in total. The largest absolute Gasteiger partial charge is 0.298 e. The van der Waals surface area contributed by atoms with Crippen LogP contribution in [0.2, 0.25) is 0 Å². The van der Waals surface area contributed by atoms with E-state index in [0.29, 0.717) is 24.4 Å². The Morgan fingerprint density at radius 3 is 2.07 bits per heavy atom. The molecule has 0 radical (unpaired) electrons. The van der Waals surface area contributed by atoms with Crippen LogP contribution in [0.15, 0.2) is 0 Å². The summed E-state index contributed by atoms with van der Waals surface area (Å²) in [6.45, 7) is 11.1. The molecule has 2 heteroatoms. The number of nitrogens with zero attached hydrogens (tertiary/aromatic N) is 1. The first-order chi connectivity index (χ1) is 6.82. The average molecular weight is 211 g/mol. The number of piperidine rings is 1. The number of ketones is 1. The summed E-state index contributed by atoms with van der Waals surface area (Å²) in [6.07, 6.45) is 3.78. The fourth-order valence-electron chi connectivity index (χ4n) is 2.19. The van der Waals surface area contributed by atoms with Crippen LogP contribution in [0.1, 0.15) is 53.9 Å². The van der Waals surface area contributed by atoms with Crippen molar-refractivity contribution in [3.05, 3.63) is 0 Å². The van der Waals surface area contributed by atoms with E-state index in [1.807, 2.05) is 20.8 Å². The van der Waals surface area contributed by atoms with Crippen molar-refractivity contribution in [2.24, 2.45) is 5.41 Å². The smallest absolute Gasteiger partial charge is 0.152 e. The fraction of sp³-hybridized carbons (Fsp3) is 0.923. The summed E-state index contributed by atoms with van der Waals surface area (Å²) in [4.78, 5) is 14.4. The van der Waals surface area contributed by atoms with Gasteiger partial charge in [-0.25, -0.2) is 0 Å². The van der Waals surface area contributed by atoms with Crippen molar-refractivity contribution in [2.45, 2.75) is 66.0 Å². The topological polar surface area (TPSA) is 20.3 Å². The summed E-state index contributed by atoms with van der Waals surface area (Å²) in [6, 6.07) is 1.14. The Morgan fingerprint density at radius 2 is 1.67 bits per heavy atom. The van der Waals surface area contributed by atoms with E-state index in [1.54, 1.807) is 0 Å². The Morgan fingerprint density at radius 1 is 1.20 bits per heavy atom. The highest BCUT2D eigenvalue weighted by Gasteiger charge is 2.30. The highest BCUT2D eigenvalue weighted by Crippen LogP contribution is 2.24. The van der Waals surface area contributed by atoms with E-state index in [0.717, 1.165) is 0 Å². The van der Waals surface area contributed by atoms with Crippen molar-refractivity contribution < 1.29 is 4.79 Å². The fourth-order valence-corrected chi connectivity index (χ4v) is 2.19. The second kappa shape index (κ2) is 4.65. The standard InChI is InChI=1S/C13H25NO/c1-10-7-6-8-11(2)14(10)9-12(15)13(3,4)5/h10-11H,6-9H2,1-5H3. The molecule has 0 aromatic rings. The van der Waals surface area contributed by atoms with Crippen LogP contribution in [0.4, 0.5) is 0 Å². The van der Waals surface area contributed by atoms with Crippen molar-refractivity contribution >= 4 is 5.78 Å². The van der Waals surface area contributed by atoms with E-state index in [9.17, 15) is 4.79 Å². The van der Waals surface area contributed by atoms with Crippen LogP contribution in [0, 0.1) is 5.41 Å². The number of hydrogen-bond acceptors (Lipinski definition) is 2. The zero-order chi connectivity index (χ0) is 11.6. The van der Waals surface area contributed by atoms with Crippen LogP contribution in [0.5, 0.6) is 0 Å². The summed E-state index contributed by atoms with van der Waals surface area (Å²) < 4.78 is 0. The van der Waals surface area contributed by atoms with Gasteiger partial charge < -0.3 is 0 Å². The van der Waals surface area contributed by atoms with Crippen LogP contribution in [-0.2, 0) is 4.79 Å². The average Bonchev–Trinajstić information content (AvgIpc) is 2.09. The van der Waals surface area contributed by atoms with Gasteiger partial charge in [-0.3, -0.25) is 9.69 Å². The molecule has 2 atom stereocenters. The lowest BCUT2D eigenvalue weighted by Crippen LogP contribution is -2.48. The molecule has 0 aliphatic carbocycles. The normalized spacial score (nSPS) is 29.1. The predicted molar refractivity (Wildman–Crippen MR) is 63.9 cm³/mol. The van der Waals surface area contributed by atoms with Gasteiger partial charge in [0, 0.05) is 17.5 Å². The molecule has 1 rings (SSSR count). The molecule has 0 amide bonds. The third kappa shape index (κ3) is 3.30. The van der Waals surface area contributed by atoms with Gasteiger partial charge in [0.1, 0.15) is 0 Å². The van der Waals surface area contributed by atoms with Gasteiger partial charge in [0.25, 0.3) is 0 Å². The highest BCUT2D eigenvalue weighted by atomic mass is 16.1. The molecule has 1 fully saturated rings. The maximum Gasteiger partial charge on any atom is 0.152 e. The van der Waals surface area contributed by atoms with Crippen molar-refractivity contribution in [3.8, 4) is 0 Å². The molecule has 0 aromatic carbocycles. The highest BCUT2D eigenvalue weighted by molar-refractivity contribution is 5.85. The second-order valence-electron chi connectivity index (χ2n) is 5.97. The summed E-state index contributed by atoms with van der Waals surface area (Å²) >= 11 is 0. The lowest BCUT2D eigenvalue weighted by Gasteiger charge is -2.39. The number of carbonyl (C=O) groups is 1. The van der Waals surface area contributed by atoms with E-state index in [1.165, 1.54) is 19.3 Å². The van der Waals surface area contributed by atoms with Crippen molar-refractivity contribution in [1.29, 1.82) is 0 Å². The summed E-state index contributed by atoms with van der Waals surface area (Å²) in [5.41, 5.74) is -0.198. The van der Waals surface area contributed by atoms with Crippen LogP contribution >= 0.6 is 0 Å². The molecule has 1 saturated heterocycles. The maximum absolute atomic E-state index is 12.0. The molecule has 2 unspecified atom stereocenters. The van der Waals surface area contributed by atoms with Crippen molar-refractivity contribution in [2.75, 3.05) is 6.54 Å². The van der Waals surface area contributed by atoms with E-state index in [-0.39, 0.29) is 5.41 Å². The quantitative estimate of drug-likeness (QED) is 0.700. The third-order valence-electron chi connectivity index (χ3n) is 3.54. The number of Topliss-reactive ketones (excluding diaryl/α,β-unsaturated/α-hetero) is 1. The van der Waals surface area contributed by atoms with E-state index >= 15 is 0 Å². The van der Waals surface area contributed by atoms with E-state index in [4.69, 9.17) is 0 Å². The molecule has 88 valence electrons. The van der Waals surface area contributed by atoms with Crippen LogP contribution in [0.25, 0.3) is 0 Å². The number of carbonyl (C=O) groups excluding carboxylic acids is 1. The van der Waals surface area contributed by atoms with Crippen LogP contribution in [0.3, 0.4) is 0 Å². The Hall–Kier alpha value is -0.370. The number of rotatable bonds is 2. The van der Waals surface area contributed by atoms with Gasteiger partial charge in [0.2, 0.25) is 0 Å². The Labute approximate surface area is 94.0 Å². The first-order valence-electron chi connectivity index (χ1n) is 6.11. The van der Waals surface area contributed by atoms with Gasteiger partial charge in [-0.2, -0.15) is 0 Å². The zero-order valence-corrected chi connectivity index (χ0v) is 10.8. The van der Waals surface area contributed by atoms with E-state index in [2.05, 4.69) is 18.7 Å². The summed E-state index contributed by atoms with van der Waals surface area (Å²) in [7, 11) is 0. The minimum absolute atomic E-state index is 0.198. The Kier molecular flexibility index (Phi) is 3.93. The molecule has 0 spiro atoms. The van der Waals surface area contributed by atoms with Gasteiger partial charge in [-0.05, 0) is 26.7 Å². The Balaban J connectivity index is 2.59. The minimum atomic E-state index is -0.198. The lowest BCUT2D eigenvalue weighted by molar-refractivity contribution is -0.129.